The molecular formula is C15H22N2O4. The number of hydrogen-bond donors (Lipinski definition) is 3. The Morgan fingerprint density at radius 1 is 1.29 bits per heavy atom. The van der Waals surface area contributed by atoms with E-state index in [0.29, 0.717) is 24.4 Å². The first kappa shape index (κ1) is 16.8. The number of rotatable bonds is 8. The second-order valence-corrected chi connectivity index (χ2v) is 4.91. The number of amides is 2. The Morgan fingerprint density at radius 2 is 2.00 bits per heavy atom. The number of carbonyl (C=O) groups is 2. The molecule has 0 aliphatic rings. The molecule has 2 amide bonds. The summed E-state index contributed by atoms with van der Waals surface area (Å²) in [6.45, 7) is 2.48. The molecule has 0 saturated heterocycles. The predicted molar refractivity (Wildman–Crippen MR) is 80.7 cm³/mol. The number of carboxylic acids is 1. The summed E-state index contributed by atoms with van der Waals surface area (Å²) in [4.78, 5) is 22.2. The molecule has 116 valence electrons. The Labute approximate surface area is 124 Å². The highest BCUT2D eigenvalue weighted by Gasteiger charge is 2.08. The average molecular weight is 294 g/mol. The lowest BCUT2D eigenvalue weighted by Crippen LogP contribution is -2.30. The number of urea groups is 1. The minimum absolute atomic E-state index is 0.161. The number of methoxy groups -OCH3 is 1. The van der Waals surface area contributed by atoms with Gasteiger partial charge in [0.25, 0.3) is 0 Å². The van der Waals surface area contributed by atoms with Gasteiger partial charge < -0.3 is 20.5 Å². The van der Waals surface area contributed by atoms with Crippen LogP contribution in [0.15, 0.2) is 24.3 Å². The standard InChI is InChI=1S/C15H22N2O4/c1-11(7-8-14(18)19)9-10-16-15(20)17-12-5-3-4-6-13(12)21-2/h3-6,11H,7-10H2,1-2H3,(H,18,19)(H2,16,17,20). The van der Waals surface area contributed by atoms with Crippen LogP contribution in [-0.4, -0.2) is 30.8 Å². The maximum atomic E-state index is 11.8. The number of ether oxygens (including phenoxy) is 1. The molecule has 1 aromatic carbocycles. The Morgan fingerprint density at radius 3 is 2.67 bits per heavy atom. The summed E-state index contributed by atoms with van der Waals surface area (Å²) in [5.41, 5.74) is 0.608. The lowest BCUT2D eigenvalue weighted by molar-refractivity contribution is -0.137. The molecule has 0 radical (unpaired) electrons. The fourth-order valence-electron chi connectivity index (χ4n) is 1.86. The molecule has 3 N–H and O–H groups in total. The van der Waals surface area contributed by atoms with Crippen molar-refractivity contribution in [2.75, 3.05) is 19.0 Å². The van der Waals surface area contributed by atoms with Crippen LogP contribution in [-0.2, 0) is 4.79 Å². The number of para-hydroxylation sites is 2. The van der Waals surface area contributed by atoms with Gasteiger partial charge in [-0.05, 0) is 30.9 Å². The van der Waals surface area contributed by atoms with E-state index in [1.807, 2.05) is 19.1 Å². The van der Waals surface area contributed by atoms with E-state index >= 15 is 0 Å². The Hall–Kier alpha value is -2.24. The number of carboxylic acid groups (broad SMARTS) is 1. The first-order valence-electron chi connectivity index (χ1n) is 6.92. The van der Waals surface area contributed by atoms with Crippen molar-refractivity contribution in [3.8, 4) is 5.75 Å². The van der Waals surface area contributed by atoms with Crippen LogP contribution < -0.4 is 15.4 Å². The maximum absolute atomic E-state index is 11.8. The number of anilines is 1. The molecule has 0 spiro atoms. The van der Waals surface area contributed by atoms with Gasteiger partial charge in [-0.2, -0.15) is 0 Å². The third-order valence-electron chi connectivity index (χ3n) is 3.13. The van der Waals surface area contributed by atoms with Crippen molar-refractivity contribution in [2.45, 2.75) is 26.2 Å². The molecule has 0 aromatic heterocycles. The molecule has 1 unspecified atom stereocenters. The van der Waals surface area contributed by atoms with Crippen LogP contribution in [0.25, 0.3) is 0 Å². The summed E-state index contributed by atoms with van der Waals surface area (Å²) in [6.07, 6.45) is 1.52. The van der Waals surface area contributed by atoms with Crippen LogP contribution >= 0.6 is 0 Å². The van der Waals surface area contributed by atoms with Crippen molar-refractivity contribution in [1.82, 2.24) is 5.32 Å². The number of carbonyl (C=O) groups excluding carboxylic acids is 1. The smallest absolute Gasteiger partial charge is 0.319 e. The van der Waals surface area contributed by atoms with Crippen molar-refractivity contribution in [1.29, 1.82) is 0 Å². The zero-order chi connectivity index (χ0) is 15.7. The van der Waals surface area contributed by atoms with Crippen LogP contribution in [0.3, 0.4) is 0 Å². The van der Waals surface area contributed by atoms with Gasteiger partial charge in [-0.1, -0.05) is 19.1 Å². The van der Waals surface area contributed by atoms with E-state index in [1.165, 1.54) is 0 Å². The van der Waals surface area contributed by atoms with Crippen LogP contribution in [0.2, 0.25) is 0 Å². The Kier molecular flexibility index (Phi) is 7.08. The van der Waals surface area contributed by atoms with Crippen molar-refractivity contribution in [3.63, 3.8) is 0 Å². The highest BCUT2D eigenvalue weighted by Crippen LogP contribution is 2.22. The molecular weight excluding hydrogens is 272 g/mol. The summed E-state index contributed by atoms with van der Waals surface area (Å²) in [6, 6.07) is 6.86. The summed E-state index contributed by atoms with van der Waals surface area (Å²) >= 11 is 0. The van der Waals surface area contributed by atoms with E-state index in [2.05, 4.69) is 10.6 Å². The molecule has 0 aliphatic carbocycles. The van der Waals surface area contributed by atoms with Crippen molar-refractivity contribution in [3.05, 3.63) is 24.3 Å². The quantitative estimate of drug-likeness (QED) is 0.688. The molecule has 0 aliphatic heterocycles. The second kappa shape index (κ2) is 8.84. The average Bonchev–Trinajstić information content (AvgIpc) is 2.45. The fourth-order valence-corrected chi connectivity index (χ4v) is 1.86. The summed E-state index contributed by atoms with van der Waals surface area (Å²) in [5.74, 6) is 0.0684. The van der Waals surface area contributed by atoms with Crippen LogP contribution in [0.5, 0.6) is 5.75 Å². The lowest BCUT2D eigenvalue weighted by Gasteiger charge is -2.13. The Balaban J connectivity index is 2.29. The van der Waals surface area contributed by atoms with Crippen molar-refractivity contribution in [2.24, 2.45) is 5.92 Å². The van der Waals surface area contributed by atoms with Gasteiger partial charge in [0.15, 0.2) is 0 Å². The number of benzene rings is 1. The highest BCUT2D eigenvalue weighted by atomic mass is 16.5. The lowest BCUT2D eigenvalue weighted by atomic mass is 10.0. The topological polar surface area (TPSA) is 87.7 Å². The predicted octanol–water partition coefficient (Wildman–Crippen LogP) is 2.71. The highest BCUT2D eigenvalue weighted by molar-refractivity contribution is 5.90. The van der Waals surface area contributed by atoms with Crippen molar-refractivity contribution >= 4 is 17.7 Å². The molecule has 1 atom stereocenters. The molecule has 1 rings (SSSR count). The number of hydrogen-bond acceptors (Lipinski definition) is 3. The van der Waals surface area contributed by atoms with Gasteiger partial charge in [-0.3, -0.25) is 4.79 Å². The van der Waals surface area contributed by atoms with Gasteiger partial charge in [0, 0.05) is 13.0 Å². The third kappa shape index (κ3) is 6.65. The van der Waals surface area contributed by atoms with Gasteiger partial charge in [-0.15, -0.1) is 0 Å². The number of aliphatic carboxylic acids is 1. The minimum Gasteiger partial charge on any atom is -0.495 e. The maximum Gasteiger partial charge on any atom is 0.319 e. The SMILES string of the molecule is COc1ccccc1NC(=O)NCCC(C)CCC(=O)O. The summed E-state index contributed by atoms with van der Waals surface area (Å²) in [7, 11) is 1.54. The number of nitrogens with one attached hydrogen (secondary N) is 2. The molecule has 6 heteroatoms. The molecule has 0 bridgehead atoms. The zero-order valence-corrected chi connectivity index (χ0v) is 12.4. The van der Waals surface area contributed by atoms with Crippen LogP contribution in [0, 0.1) is 5.92 Å². The first-order valence-corrected chi connectivity index (χ1v) is 6.92. The van der Waals surface area contributed by atoms with E-state index in [4.69, 9.17) is 9.84 Å². The molecule has 0 heterocycles. The van der Waals surface area contributed by atoms with Gasteiger partial charge in [0.05, 0.1) is 12.8 Å². The van der Waals surface area contributed by atoms with E-state index in [1.54, 1.807) is 19.2 Å². The van der Waals surface area contributed by atoms with Gasteiger partial charge in [-0.25, -0.2) is 4.79 Å². The van der Waals surface area contributed by atoms with Gasteiger partial charge in [0.1, 0.15) is 5.75 Å². The minimum atomic E-state index is -0.788. The largest absolute Gasteiger partial charge is 0.495 e. The molecule has 6 nitrogen and oxygen atoms in total. The fraction of sp³-hybridized carbons (Fsp3) is 0.467. The van der Waals surface area contributed by atoms with E-state index in [0.717, 1.165) is 6.42 Å². The summed E-state index contributed by atoms with van der Waals surface area (Å²) in [5, 5.41) is 14.1. The first-order chi connectivity index (χ1) is 10.0. The van der Waals surface area contributed by atoms with Gasteiger partial charge in [0.2, 0.25) is 0 Å². The molecule has 21 heavy (non-hydrogen) atoms. The molecule has 0 fully saturated rings. The van der Waals surface area contributed by atoms with Crippen molar-refractivity contribution < 1.29 is 19.4 Å². The van der Waals surface area contributed by atoms with E-state index in [9.17, 15) is 9.59 Å². The normalized spacial score (nSPS) is 11.5. The molecule has 0 saturated carbocycles. The second-order valence-electron chi connectivity index (χ2n) is 4.91. The van der Waals surface area contributed by atoms with Crippen LogP contribution in [0.1, 0.15) is 26.2 Å². The van der Waals surface area contributed by atoms with Gasteiger partial charge >= 0.3 is 12.0 Å². The summed E-state index contributed by atoms with van der Waals surface area (Å²) < 4.78 is 5.15. The van der Waals surface area contributed by atoms with Crippen LogP contribution in [0.4, 0.5) is 10.5 Å². The Bertz CT molecular complexity index is 476. The monoisotopic (exact) mass is 294 g/mol. The third-order valence-corrected chi connectivity index (χ3v) is 3.13. The van der Waals surface area contributed by atoms with E-state index < -0.39 is 5.97 Å². The van der Waals surface area contributed by atoms with E-state index in [-0.39, 0.29) is 18.4 Å². The molecule has 1 aromatic rings. The zero-order valence-electron chi connectivity index (χ0n) is 12.4.